The van der Waals surface area contributed by atoms with E-state index < -0.39 is 0 Å². The monoisotopic (exact) mass is 390 g/mol. The van der Waals surface area contributed by atoms with Crippen molar-refractivity contribution in [2.75, 3.05) is 51.8 Å². The van der Waals surface area contributed by atoms with Crippen LogP contribution in [-0.2, 0) is 4.79 Å². The molecule has 8 heteroatoms. The molecule has 0 unspecified atom stereocenters. The second-order valence-corrected chi connectivity index (χ2v) is 7.25. The summed E-state index contributed by atoms with van der Waals surface area (Å²) < 4.78 is 10.5. The lowest BCUT2D eigenvalue weighted by molar-refractivity contribution is -0.117. The van der Waals surface area contributed by atoms with Crippen LogP contribution in [0.15, 0.2) is 18.2 Å². The van der Waals surface area contributed by atoms with Crippen molar-refractivity contribution in [3.8, 4) is 11.5 Å². The molecule has 0 aliphatic carbocycles. The Hall–Kier alpha value is -2.48. The molecule has 8 nitrogen and oxygen atoms in total. The smallest absolute Gasteiger partial charge is 0.315 e. The fourth-order valence-electron chi connectivity index (χ4n) is 3.79. The SMILES string of the molecule is COc1ccc(N2C[C@H](NC(=O)NCCCN3CCCC3)CC2=O)cc1OC. The van der Waals surface area contributed by atoms with Crippen LogP contribution in [-0.4, -0.2) is 69.8 Å². The van der Waals surface area contributed by atoms with E-state index >= 15 is 0 Å². The van der Waals surface area contributed by atoms with Crippen LogP contribution in [0.1, 0.15) is 25.7 Å². The van der Waals surface area contributed by atoms with Gasteiger partial charge >= 0.3 is 6.03 Å². The van der Waals surface area contributed by atoms with E-state index in [2.05, 4.69) is 15.5 Å². The van der Waals surface area contributed by atoms with E-state index in [9.17, 15) is 9.59 Å². The molecule has 28 heavy (non-hydrogen) atoms. The Kier molecular flexibility index (Phi) is 6.97. The van der Waals surface area contributed by atoms with E-state index in [1.165, 1.54) is 25.9 Å². The number of urea groups is 1. The highest BCUT2D eigenvalue weighted by Gasteiger charge is 2.32. The number of methoxy groups -OCH3 is 2. The first-order chi connectivity index (χ1) is 13.6. The van der Waals surface area contributed by atoms with Crippen molar-refractivity contribution in [3.63, 3.8) is 0 Å². The van der Waals surface area contributed by atoms with Crippen LogP contribution in [0.3, 0.4) is 0 Å². The van der Waals surface area contributed by atoms with Gasteiger partial charge in [-0.1, -0.05) is 0 Å². The predicted molar refractivity (Wildman–Crippen MR) is 107 cm³/mol. The first kappa shape index (κ1) is 20.3. The Morgan fingerprint density at radius 1 is 1.18 bits per heavy atom. The van der Waals surface area contributed by atoms with E-state index in [0.29, 0.717) is 24.6 Å². The molecule has 3 amide bonds. The number of amides is 3. The minimum absolute atomic E-state index is 0.0217. The lowest BCUT2D eigenvalue weighted by Gasteiger charge is -2.19. The van der Waals surface area contributed by atoms with Gasteiger partial charge in [0.2, 0.25) is 5.91 Å². The van der Waals surface area contributed by atoms with Crippen molar-refractivity contribution in [1.29, 1.82) is 0 Å². The average molecular weight is 390 g/mol. The van der Waals surface area contributed by atoms with Crippen molar-refractivity contribution < 1.29 is 19.1 Å². The third kappa shape index (κ3) is 5.07. The number of hydrogen-bond donors (Lipinski definition) is 2. The molecule has 2 N–H and O–H groups in total. The van der Waals surface area contributed by atoms with Gasteiger partial charge in [-0.15, -0.1) is 0 Å². The summed E-state index contributed by atoms with van der Waals surface area (Å²) in [6.45, 7) is 4.44. The van der Waals surface area contributed by atoms with Gasteiger partial charge in [-0.25, -0.2) is 4.79 Å². The summed E-state index contributed by atoms with van der Waals surface area (Å²) in [6.07, 6.45) is 3.78. The third-order valence-electron chi connectivity index (χ3n) is 5.27. The molecular weight excluding hydrogens is 360 g/mol. The zero-order valence-corrected chi connectivity index (χ0v) is 16.7. The minimum atomic E-state index is -0.214. The van der Waals surface area contributed by atoms with Gasteiger partial charge in [0.1, 0.15) is 0 Å². The highest BCUT2D eigenvalue weighted by atomic mass is 16.5. The highest BCUT2D eigenvalue weighted by Crippen LogP contribution is 2.33. The number of carbonyl (C=O) groups is 2. The van der Waals surface area contributed by atoms with Crippen LogP contribution in [0.25, 0.3) is 0 Å². The Morgan fingerprint density at radius 3 is 2.64 bits per heavy atom. The van der Waals surface area contributed by atoms with E-state index in [-0.39, 0.29) is 24.4 Å². The second kappa shape index (κ2) is 9.64. The van der Waals surface area contributed by atoms with Gasteiger partial charge in [-0.2, -0.15) is 0 Å². The first-order valence-corrected chi connectivity index (χ1v) is 9.90. The van der Waals surface area contributed by atoms with Crippen molar-refractivity contribution in [1.82, 2.24) is 15.5 Å². The van der Waals surface area contributed by atoms with E-state index in [4.69, 9.17) is 9.47 Å². The maximum Gasteiger partial charge on any atom is 0.315 e. The third-order valence-corrected chi connectivity index (χ3v) is 5.27. The van der Waals surface area contributed by atoms with Gasteiger partial charge in [0, 0.05) is 31.3 Å². The Balaban J connectivity index is 1.45. The summed E-state index contributed by atoms with van der Waals surface area (Å²) in [7, 11) is 3.13. The number of benzene rings is 1. The molecule has 0 radical (unpaired) electrons. The number of carbonyl (C=O) groups excluding carboxylic acids is 2. The summed E-state index contributed by atoms with van der Waals surface area (Å²) in [6, 6.07) is 4.94. The van der Waals surface area contributed by atoms with E-state index in [1.54, 1.807) is 31.3 Å². The second-order valence-electron chi connectivity index (χ2n) is 7.25. The Bertz CT molecular complexity index is 691. The molecule has 3 rings (SSSR count). The molecular formula is C20H30N4O4. The fraction of sp³-hybridized carbons (Fsp3) is 0.600. The van der Waals surface area contributed by atoms with Gasteiger partial charge in [-0.05, 0) is 51.0 Å². The Morgan fingerprint density at radius 2 is 1.93 bits per heavy atom. The molecule has 0 spiro atoms. The van der Waals surface area contributed by atoms with Gasteiger partial charge in [0.15, 0.2) is 11.5 Å². The molecule has 0 aromatic heterocycles. The zero-order valence-electron chi connectivity index (χ0n) is 16.7. The van der Waals surface area contributed by atoms with Crippen molar-refractivity contribution in [2.24, 2.45) is 0 Å². The molecule has 0 bridgehead atoms. The number of ether oxygens (including phenoxy) is 2. The quantitative estimate of drug-likeness (QED) is 0.659. The molecule has 2 fully saturated rings. The van der Waals surface area contributed by atoms with Crippen LogP contribution in [0, 0.1) is 0 Å². The van der Waals surface area contributed by atoms with Gasteiger partial charge in [0.05, 0.1) is 20.3 Å². The van der Waals surface area contributed by atoms with Crippen molar-refractivity contribution in [2.45, 2.75) is 31.7 Å². The zero-order chi connectivity index (χ0) is 19.9. The first-order valence-electron chi connectivity index (χ1n) is 9.90. The van der Waals surface area contributed by atoms with Crippen LogP contribution < -0.4 is 25.0 Å². The average Bonchev–Trinajstić information content (AvgIpc) is 3.34. The highest BCUT2D eigenvalue weighted by molar-refractivity contribution is 5.97. The number of likely N-dealkylation sites (tertiary alicyclic amines) is 1. The molecule has 2 saturated heterocycles. The summed E-state index contributed by atoms with van der Waals surface area (Å²) in [4.78, 5) is 28.6. The number of hydrogen-bond acceptors (Lipinski definition) is 5. The van der Waals surface area contributed by atoms with Gasteiger partial charge in [-0.3, -0.25) is 4.79 Å². The van der Waals surface area contributed by atoms with E-state index in [1.807, 2.05) is 6.07 Å². The topological polar surface area (TPSA) is 83.1 Å². The van der Waals surface area contributed by atoms with E-state index in [0.717, 1.165) is 18.7 Å². The lowest BCUT2D eigenvalue weighted by atomic mass is 10.2. The predicted octanol–water partition coefficient (Wildman–Crippen LogP) is 1.59. The minimum Gasteiger partial charge on any atom is -0.493 e. The standard InChI is InChI=1S/C20H30N4O4/c1-27-17-7-6-16(13-18(17)28-2)24-14-15(12-19(24)25)22-20(26)21-8-5-11-23-9-3-4-10-23/h6-7,13,15H,3-5,8-12,14H2,1-2H3,(H2,21,22,26)/t15-/m1/s1. The summed E-state index contributed by atoms with van der Waals surface area (Å²) in [5, 5.41) is 5.80. The maximum absolute atomic E-state index is 12.4. The van der Waals surface area contributed by atoms with Crippen molar-refractivity contribution >= 4 is 17.6 Å². The number of nitrogens with one attached hydrogen (secondary N) is 2. The van der Waals surface area contributed by atoms with Crippen molar-refractivity contribution in [3.05, 3.63) is 18.2 Å². The maximum atomic E-state index is 12.4. The van der Waals surface area contributed by atoms with Crippen LogP contribution in [0.5, 0.6) is 11.5 Å². The number of nitrogens with zero attached hydrogens (tertiary/aromatic N) is 2. The summed E-state index contributed by atoms with van der Waals surface area (Å²) in [5.41, 5.74) is 0.734. The molecule has 2 aliphatic heterocycles. The van der Waals surface area contributed by atoms with Crippen LogP contribution >= 0.6 is 0 Å². The van der Waals surface area contributed by atoms with Crippen LogP contribution in [0.4, 0.5) is 10.5 Å². The molecule has 1 atom stereocenters. The molecule has 1 aromatic carbocycles. The number of rotatable bonds is 8. The molecule has 0 saturated carbocycles. The fourth-order valence-corrected chi connectivity index (χ4v) is 3.79. The number of anilines is 1. The molecule has 1 aromatic rings. The molecule has 2 aliphatic rings. The normalized spacial score (nSPS) is 19.7. The summed E-state index contributed by atoms with van der Waals surface area (Å²) >= 11 is 0. The van der Waals surface area contributed by atoms with Gasteiger partial charge in [0.25, 0.3) is 0 Å². The van der Waals surface area contributed by atoms with Crippen LogP contribution in [0.2, 0.25) is 0 Å². The lowest BCUT2D eigenvalue weighted by Crippen LogP contribution is -2.44. The van der Waals surface area contributed by atoms with Gasteiger partial charge < -0.3 is 29.9 Å². The molecule has 2 heterocycles. The Labute approximate surface area is 166 Å². The largest absolute Gasteiger partial charge is 0.493 e. The summed E-state index contributed by atoms with van der Waals surface area (Å²) in [5.74, 6) is 1.16. The molecule has 154 valence electrons.